The van der Waals surface area contributed by atoms with Crippen LogP contribution in [-0.2, 0) is 19.5 Å². The van der Waals surface area contributed by atoms with Crippen molar-refractivity contribution < 1.29 is 38.5 Å². The molecule has 6 nitrogen and oxygen atoms in total. The number of aromatic hydroxyl groups is 2. The molecule has 0 amide bonds. The van der Waals surface area contributed by atoms with Crippen LogP contribution >= 0.6 is 0 Å². The molecule has 2 N–H and O–H groups in total. The van der Waals surface area contributed by atoms with Gasteiger partial charge in [-0.3, -0.25) is 9.97 Å². The molecule has 4 heterocycles. The number of phenolic OH excluding ortho intramolecular Hbond substituents is 2. The quantitative estimate of drug-likeness (QED) is 0.133. The minimum atomic E-state index is 0. The summed E-state index contributed by atoms with van der Waals surface area (Å²) in [4.78, 5) is 8.93. The molecule has 14 aromatic rings. The number of aromatic nitrogens is 2. The number of hydrogen-bond acceptors (Lipinski definition) is 6. The van der Waals surface area contributed by atoms with Crippen LogP contribution in [0.2, 0.25) is 0 Å². The molecule has 7 heteroatoms. The molecule has 0 fully saturated rings. The van der Waals surface area contributed by atoms with Gasteiger partial charge in [0.2, 0.25) is 0 Å². The van der Waals surface area contributed by atoms with E-state index >= 15 is 0 Å². The number of furan rings is 2. The van der Waals surface area contributed by atoms with Gasteiger partial charge in [0.05, 0.1) is 22.5 Å². The van der Waals surface area contributed by atoms with E-state index in [2.05, 4.69) is 119 Å². The van der Waals surface area contributed by atoms with Crippen LogP contribution in [0.4, 0.5) is 0 Å². The number of fused-ring (bicyclic) bond motifs is 20. The molecule has 10 aromatic carbocycles. The van der Waals surface area contributed by atoms with Crippen LogP contribution in [-0.4, -0.2) is 20.2 Å². The van der Waals surface area contributed by atoms with Crippen molar-refractivity contribution in [3.05, 3.63) is 194 Å². The first-order valence-corrected chi connectivity index (χ1v) is 21.3. The Hall–Kier alpha value is -8.12. The molecule has 0 saturated carbocycles. The molecule has 0 aliphatic carbocycles. The molecule has 14 rings (SSSR count). The summed E-state index contributed by atoms with van der Waals surface area (Å²) in [6.07, 6.45) is 3.45. The summed E-state index contributed by atoms with van der Waals surface area (Å²) >= 11 is 0. The number of benzene rings is 10. The van der Waals surface area contributed by atoms with Gasteiger partial charge in [-0.15, -0.1) is 0 Å². The maximum absolute atomic E-state index is 10.7. The first-order chi connectivity index (χ1) is 31.6. The molecule has 0 atom stereocenters. The first-order valence-electron chi connectivity index (χ1n) is 21.3. The predicted molar refractivity (Wildman–Crippen MR) is 262 cm³/mol. The Morgan fingerprint density at radius 1 is 0.292 bits per heavy atom. The van der Waals surface area contributed by atoms with Gasteiger partial charge in [0.25, 0.3) is 0 Å². The first kappa shape index (κ1) is 38.5. The molecule has 0 bridgehead atoms. The van der Waals surface area contributed by atoms with Gasteiger partial charge in [-0.05, 0) is 127 Å². The van der Waals surface area contributed by atoms with Gasteiger partial charge >= 0.3 is 0 Å². The SMILES string of the molecule is Oc1ccc2c(oc3ccc4c5ccccc5c5ccccc5c4c32)c1-c1ccccn1.Oc1ccc2c(oc3ccc4c5ccccc5c5ccccc5c4c32)c1-c1ccccn1.[Zn]. The van der Waals surface area contributed by atoms with E-state index in [9.17, 15) is 10.2 Å². The topological polar surface area (TPSA) is 92.5 Å². The maximum Gasteiger partial charge on any atom is 0.148 e. The zero-order chi connectivity index (χ0) is 42.5. The number of nitrogens with zero attached hydrogens (tertiary/aromatic N) is 2. The standard InChI is InChI=1S/2C29H17NO2.Zn/c2*31-24-14-12-22-27-25(32-29(22)28(24)23-11-5-6-16-30-23)15-13-21-19-9-2-1-7-17(19)18-8-3-4-10-20(18)26(21)27;/h2*1-16,31H;. The second-order valence-electron chi connectivity index (χ2n) is 16.2. The third-order valence-electron chi connectivity index (χ3n) is 12.8. The Morgan fingerprint density at radius 3 is 0.954 bits per heavy atom. The van der Waals surface area contributed by atoms with Crippen molar-refractivity contribution in [2.75, 3.05) is 0 Å². The second-order valence-corrected chi connectivity index (χ2v) is 16.2. The van der Waals surface area contributed by atoms with Crippen LogP contribution in [0.3, 0.4) is 0 Å². The van der Waals surface area contributed by atoms with Crippen molar-refractivity contribution >= 4 is 109 Å². The number of hydrogen-bond donors (Lipinski definition) is 2. The average molecular weight is 888 g/mol. The summed E-state index contributed by atoms with van der Waals surface area (Å²) in [7, 11) is 0. The Labute approximate surface area is 383 Å². The van der Waals surface area contributed by atoms with Gasteiger partial charge < -0.3 is 19.0 Å². The molecule has 0 radical (unpaired) electrons. The molecule has 0 unspecified atom stereocenters. The average Bonchev–Trinajstić information content (AvgIpc) is 3.93. The van der Waals surface area contributed by atoms with E-state index in [0.717, 1.165) is 32.7 Å². The molecular weight excluding hydrogens is 854 g/mol. The Balaban J connectivity index is 0.000000135. The second kappa shape index (κ2) is 15.0. The third-order valence-corrected chi connectivity index (χ3v) is 12.8. The fourth-order valence-corrected chi connectivity index (χ4v) is 10.1. The minimum Gasteiger partial charge on any atom is -0.507 e. The molecular formula is C58H34N2O4Zn. The largest absolute Gasteiger partial charge is 0.507 e. The Bertz CT molecular complexity index is 3870. The van der Waals surface area contributed by atoms with Gasteiger partial charge in [0, 0.05) is 64.2 Å². The monoisotopic (exact) mass is 886 g/mol. The third kappa shape index (κ3) is 5.76. The Morgan fingerprint density at radius 2 is 0.600 bits per heavy atom. The van der Waals surface area contributed by atoms with Gasteiger partial charge in [-0.1, -0.05) is 109 Å². The van der Waals surface area contributed by atoms with Crippen molar-refractivity contribution in [2.45, 2.75) is 0 Å². The van der Waals surface area contributed by atoms with Crippen LogP contribution in [0.1, 0.15) is 0 Å². The van der Waals surface area contributed by atoms with E-state index in [-0.39, 0.29) is 31.0 Å². The molecule has 4 aromatic heterocycles. The zero-order valence-corrected chi connectivity index (χ0v) is 37.8. The van der Waals surface area contributed by atoms with Gasteiger partial charge in [-0.25, -0.2) is 0 Å². The van der Waals surface area contributed by atoms with E-state index < -0.39 is 0 Å². The van der Waals surface area contributed by atoms with E-state index in [1.54, 1.807) is 24.5 Å². The smallest absolute Gasteiger partial charge is 0.148 e. The summed E-state index contributed by atoms with van der Waals surface area (Å²) < 4.78 is 12.8. The van der Waals surface area contributed by atoms with Crippen LogP contribution in [0.25, 0.3) is 131 Å². The van der Waals surface area contributed by atoms with Crippen LogP contribution in [0.15, 0.2) is 203 Å². The molecule has 65 heavy (non-hydrogen) atoms. The van der Waals surface area contributed by atoms with E-state index in [4.69, 9.17) is 8.83 Å². The van der Waals surface area contributed by atoms with Crippen molar-refractivity contribution in [2.24, 2.45) is 0 Å². The summed E-state index contributed by atoms with van der Waals surface area (Å²) in [5.41, 5.74) is 5.54. The molecule has 0 aliphatic rings. The van der Waals surface area contributed by atoms with Gasteiger partial charge in [0.1, 0.15) is 33.8 Å². The van der Waals surface area contributed by atoms with Crippen LogP contribution in [0.5, 0.6) is 11.5 Å². The number of rotatable bonds is 2. The summed E-state index contributed by atoms with van der Waals surface area (Å²) in [5.74, 6) is 0.324. The minimum absolute atomic E-state index is 0. The van der Waals surface area contributed by atoms with Crippen molar-refractivity contribution in [3.63, 3.8) is 0 Å². The number of phenols is 2. The zero-order valence-electron chi connectivity index (χ0n) is 34.8. The summed E-state index contributed by atoms with van der Waals surface area (Å²) in [5, 5.41) is 40.0. The fourth-order valence-electron chi connectivity index (χ4n) is 10.1. The van der Waals surface area contributed by atoms with Gasteiger partial charge in [0.15, 0.2) is 0 Å². The summed E-state index contributed by atoms with van der Waals surface area (Å²) in [6.45, 7) is 0. The van der Waals surface area contributed by atoms with E-state index in [1.165, 1.54) is 64.6 Å². The predicted octanol–water partition coefficient (Wildman–Crippen LogP) is 15.6. The van der Waals surface area contributed by atoms with E-state index in [0.29, 0.717) is 33.7 Å². The molecule has 0 spiro atoms. The summed E-state index contributed by atoms with van der Waals surface area (Å²) in [6, 6.07) is 61.3. The van der Waals surface area contributed by atoms with Crippen molar-refractivity contribution in [1.29, 1.82) is 0 Å². The van der Waals surface area contributed by atoms with E-state index in [1.807, 2.05) is 60.7 Å². The molecule has 302 valence electrons. The molecule has 0 aliphatic heterocycles. The van der Waals surface area contributed by atoms with Crippen LogP contribution in [0, 0.1) is 0 Å². The molecule has 0 saturated heterocycles. The van der Waals surface area contributed by atoms with Crippen molar-refractivity contribution in [3.8, 4) is 34.0 Å². The Kier molecular flexibility index (Phi) is 8.90. The maximum atomic E-state index is 10.7. The fraction of sp³-hybridized carbons (Fsp3) is 0. The van der Waals surface area contributed by atoms with Gasteiger partial charge in [-0.2, -0.15) is 0 Å². The van der Waals surface area contributed by atoms with Crippen molar-refractivity contribution in [1.82, 2.24) is 9.97 Å². The normalized spacial score (nSPS) is 11.7. The number of pyridine rings is 2. The van der Waals surface area contributed by atoms with Crippen LogP contribution < -0.4 is 0 Å².